The molecule has 2 aromatic rings. The SMILES string of the molecule is CC1(C)SC2(CCCCC2)N2C(=O)c3cc([N+](=O)[O-])ccc3N(c3ccc(Cl)cc3)C(=O)C21. The zero-order valence-corrected chi connectivity index (χ0v) is 20.0. The van der Waals surface area contributed by atoms with E-state index in [2.05, 4.69) is 0 Å². The molecule has 2 fully saturated rings. The fourth-order valence-electron chi connectivity index (χ4n) is 5.53. The summed E-state index contributed by atoms with van der Waals surface area (Å²) in [6.45, 7) is 4.03. The van der Waals surface area contributed by atoms with Crippen molar-refractivity contribution in [2.24, 2.45) is 0 Å². The van der Waals surface area contributed by atoms with Crippen LogP contribution in [0.25, 0.3) is 0 Å². The number of carbonyl (C=O) groups is 2. The maximum atomic E-state index is 14.2. The molecule has 1 atom stereocenters. The first kappa shape index (κ1) is 22.2. The molecule has 7 nitrogen and oxygen atoms in total. The smallest absolute Gasteiger partial charge is 0.270 e. The molecule has 1 unspecified atom stereocenters. The maximum Gasteiger partial charge on any atom is 0.270 e. The van der Waals surface area contributed by atoms with Gasteiger partial charge in [-0.15, -0.1) is 11.8 Å². The van der Waals surface area contributed by atoms with Gasteiger partial charge in [-0.2, -0.15) is 0 Å². The minimum Gasteiger partial charge on any atom is -0.310 e. The number of rotatable bonds is 2. The standard InChI is InChI=1S/C24H24ClN3O4S/c1-23(2)20-22(30)26(16-8-6-15(25)7-9-16)19-11-10-17(28(31)32)14-18(19)21(29)27(20)24(33-23)12-4-3-5-13-24/h6-11,14,20H,3-5,12-13H2,1-2H3. The van der Waals surface area contributed by atoms with Crippen LogP contribution in [0.3, 0.4) is 0 Å². The number of anilines is 2. The zero-order chi connectivity index (χ0) is 23.5. The molecule has 0 N–H and O–H groups in total. The normalized spacial score (nSPS) is 23.3. The number of benzene rings is 2. The van der Waals surface area contributed by atoms with E-state index in [0.717, 1.165) is 32.1 Å². The summed E-state index contributed by atoms with van der Waals surface area (Å²) in [5.41, 5.74) is 0.935. The molecule has 2 heterocycles. The van der Waals surface area contributed by atoms with Crippen molar-refractivity contribution in [3.05, 3.63) is 63.2 Å². The van der Waals surface area contributed by atoms with Gasteiger partial charge in [-0.05, 0) is 57.0 Å². The van der Waals surface area contributed by atoms with Crippen LogP contribution in [0.5, 0.6) is 0 Å². The van der Waals surface area contributed by atoms with E-state index < -0.39 is 20.6 Å². The van der Waals surface area contributed by atoms with E-state index >= 15 is 0 Å². The van der Waals surface area contributed by atoms with Gasteiger partial charge >= 0.3 is 0 Å². The number of nitrogens with zero attached hydrogens (tertiary/aromatic N) is 3. The van der Waals surface area contributed by atoms with Gasteiger partial charge in [0, 0.05) is 27.6 Å². The summed E-state index contributed by atoms with van der Waals surface area (Å²) in [5.74, 6) is -0.526. The Balaban J connectivity index is 1.76. The first-order valence-electron chi connectivity index (χ1n) is 11.1. The van der Waals surface area contributed by atoms with Gasteiger partial charge < -0.3 is 4.90 Å². The second kappa shape index (κ2) is 7.74. The summed E-state index contributed by atoms with van der Waals surface area (Å²) in [6, 6.07) is 10.3. The molecule has 0 aromatic heterocycles. The lowest BCUT2D eigenvalue weighted by Crippen LogP contribution is -2.56. The molecule has 0 radical (unpaired) electrons. The van der Waals surface area contributed by atoms with Crippen molar-refractivity contribution in [1.29, 1.82) is 0 Å². The molecular weight excluding hydrogens is 462 g/mol. The molecule has 172 valence electrons. The van der Waals surface area contributed by atoms with E-state index in [4.69, 9.17) is 11.6 Å². The molecule has 2 aromatic carbocycles. The first-order chi connectivity index (χ1) is 15.6. The lowest BCUT2D eigenvalue weighted by Gasteiger charge is -2.41. The van der Waals surface area contributed by atoms with Crippen molar-refractivity contribution in [2.75, 3.05) is 4.90 Å². The van der Waals surface area contributed by atoms with Crippen LogP contribution in [0.15, 0.2) is 42.5 Å². The van der Waals surface area contributed by atoms with Crippen LogP contribution >= 0.6 is 23.4 Å². The fourth-order valence-corrected chi connectivity index (χ4v) is 7.73. The Labute approximate surface area is 201 Å². The monoisotopic (exact) mass is 485 g/mol. The van der Waals surface area contributed by atoms with E-state index in [1.165, 1.54) is 23.1 Å². The van der Waals surface area contributed by atoms with Gasteiger partial charge in [0.25, 0.3) is 17.5 Å². The Hall–Kier alpha value is -2.58. The van der Waals surface area contributed by atoms with Crippen molar-refractivity contribution in [3.8, 4) is 0 Å². The molecule has 1 saturated carbocycles. The second-order valence-corrected chi connectivity index (χ2v) is 11.9. The number of hydrogen-bond donors (Lipinski definition) is 0. The number of carbonyl (C=O) groups excluding carboxylic acids is 2. The lowest BCUT2D eigenvalue weighted by atomic mass is 9.90. The van der Waals surface area contributed by atoms with Crippen molar-refractivity contribution in [1.82, 2.24) is 4.90 Å². The number of nitro benzene ring substituents is 1. The van der Waals surface area contributed by atoms with E-state index in [0.29, 0.717) is 16.4 Å². The average molecular weight is 486 g/mol. The Morgan fingerprint density at radius 1 is 1.06 bits per heavy atom. The number of nitro groups is 1. The number of thioether (sulfide) groups is 1. The summed E-state index contributed by atoms with van der Waals surface area (Å²) in [7, 11) is 0. The molecule has 3 aliphatic rings. The third-order valence-electron chi connectivity index (χ3n) is 6.86. The molecule has 1 aliphatic carbocycles. The van der Waals surface area contributed by atoms with Gasteiger partial charge in [-0.1, -0.05) is 30.9 Å². The number of halogens is 1. The van der Waals surface area contributed by atoms with Crippen LogP contribution < -0.4 is 4.90 Å². The zero-order valence-electron chi connectivity index (χ0n) is 18.4. The summed E-state index contributed by atoms with van der Waals surface area (Å²) in [6.07, 6.45) is 4.68. The average Bonchev–Trinajstić information content (AvgIpc) is 2.94. The largest absolute Gasteiger partial charge is 0.310 e. The Morgan fingerprint density at radius 3 is 2.36 bits per heavy atom. The first-order valence-corrected chi connectivity index (χ1v) is 12.3. The van der Waals surface area contributed by atoms with Crippen LogP contribution in [0.2, 0.25) is 5.02 Å². The van der Waals surface area contributed by atoms with Crippen molar-refractivity contribution >= 4 is 52.2 Å². The summed E-state index contributed by atoms with van der Waals surface area (Å²) in [5, 5.41) is 12.1. The van der Waals surface area contributed by atoms with Crippen molar-refractivity contribution in [2.45, 2.75) is 61.6 Å². The lowest BCUT2D eigenvalue weighted by molar-refractivity contribution is -0.384. The highest BCUT2D eigenvalue weighted by molar-refractivity contribution is 8.02. The molecule has 33 heavy (non-hydrogen) atoms. The maximum absolute atomic E-state index is 14.2. The number of hydrogen-bond acceptors (Lipinski definition) is 5. The van der Waals surface area contributed by atoms with Gasteiger partial charge in [0.15, 0.2) is 0 Å². The van der Waals surface area contributed by atoms with Gasteiger partial charge in [-0.3, -0.25) is 24.6 Å². The van der Waals surface area contributed by atoms with Crippen LogP contribution in [0.4, 0.5) is 17.1 Å². The molecule has 1 saturated heterocycles. The Morgan fingerprint density at radius 2 is 1.73 bits per heavy atom. The predicted octanol–water partition coefficient (Wildman–Crippen LogP) is 5.92. The predicted molar refractivity (Wildman–Crippen MR) is 129 cm³/mol. The van der Waals surface area contributed by atoms with E-state index in [1.54, 1.807) is 40.9 Å². The third kappa shape index (κ3) is 3.42. The summed E-state index contributed by atoms with van der Waals surface area (Å²) >= 11 is 7.79. The van der Waals surface area contributed by atoms with Gasteiger partial charge in [0.1, 0.15) is 6.04 Å². The minimum atomic E-state index is -0.699. The topological polar surface area (TPSA) is 83.8 Å². The molecule has 5 rings (SSSR count). The van der Waals surface area contributed by atoms with Crippen molar-refractivity contribution in [3.63, 3.8) is 0 Å². The second-order valence-electron chi connectivity index (χ2n) is 9.40. The molecular formula is C24H24ClN3O4S. The fraction of sp³-hybridized carbons (Fsp3) is 0.417. The number of amides is 2. The number of non-ortho nitro benzene ring substituents is 1. The van der Waals surface area contributed by atoms with E-state index in [1.807, 2.05) is 13.8 Å². The molecule has 2 aliphatic heterocycles. The minimum absolute atomic E-state index is 0.173. The van der Waals surface area contributed by atoms with E-state index in [-0.39, 0.29) is 23.1 Å². The Kier molecular flexibility index (Phi) is 5.21. The molecule has 0 bridgehead atoms. The quantitative estimate of drug-likeness (QED) is 0.389. The molecule has 2 amide bonds. The molecule has 9 heteroatoms. The Bertz CT molecular complexity index is 1160. The van der Waals surface area contributed by atoms with Gasteiger partial charge in [0.2, 0.25) is 0 Å². The van der Waals surface area contributed by atoms with Crippen LogP contribution in [-0.4, -0.2) is 37.3 Å². The molecule has 1 spiro atoms. The van der Waals surface area contributed by atoms with Gasteiger partial charge in [-0.25, -0.2) is 0 Å². The third-order valence-corrected chi connectivity index (χ3v) is 8.85. The van der Waals surface area contributed by atoms with Crippen LogP contribution in [0.1, 0.15) is 56.3 Å². The van der Waals surface area contributed by atoms with Crippen molar-refractivity contribution < 1.29 is 14.5 Å². The summed E-state index contributed by atoms with van der Waals surface area (Å²) in [4.78, 5) is 42.2. The van der Waals surface area contributed by atoms with Crippen LogP contribution in [-0.2, 0) is 4.79 Å². The highest BCUT2D eigenvalue weighted by Crippen LogP contribution is 2.59. The summed E-state index contributed by atoms with van der Waals surface area (Å²) < 4.78 is -0.525. The number of fused-ring (bicyclic) bond motifs is 3. The van der Waals surface area contributed by atoms with Gasteiger partial charge in [0.05, 0.1) is 21.0 Å². The highest BCUT2D eigenvalue weighted by atomic mass is 35.5. The van der Waals surface area contributed by atoms with Crippen LogP contribution in [0, 0.1) is 10.1 Å². The highest BCUT2D eigenvalue weighted by Gasteiger charge is 2.63. The van der Waals surface area contributed by atoms with E-state index in [9.17, 15) is 19.7 Å².